The fourth-order valence-corrected chi connectivity index (χ4v) is 12.2. The molecule has 0 rings (SSSR count). The van der Waals surface area contributed by atoms with E-state index in [0.29, 0.717) is 17.4 Å². The molecule has 0 amide bonds. The van der Waals surface area contributed by atoms with Crippen LogP contribution in [0.15, 0.2) is 48.6 Å². The fourth-order valence-electron chi connectivity index (χ4n) is 12.2. The Morgan fingerprint density at radius 2 is 0.620 bits per heavy atom. The molecule has 0 heterocycles. The van der Waals surface area contributed by atoms with E-state index < -0.39 is 24.3 Å². The summed E-state index contributed by atoms with van der Waals surface area (Å²) in [6, 6.07) is 0. The number of carboxylic acids is 1. The molecule has 2 atom stereocenters. The molecule has 92 heavy (non-hydrogen) atoms. The van der Waals surface area contributed by atoms with Crippen molar-refractivity contribution in [3.05, 3.63) is 48.6 Å². The van der Waals surface area contributed by atoms with Crippen LogP contribution in [0.2, 0.25) is 0 Å². The van der Waals surface area contributed by atoms with E-state index in [1.165, 1.54) is 315 Å². The molecule has 0 radical (unpaired) electrons. The van der Waals surface area contributed by atoms with Gasteiger partial charge in [0.15, 0.2) is 12.4 Å². The van der Waals surface area contributed by atoms with Crippen LogP contribution in [0.3, 0.4) is 0 Å². The lowest BCUT2D eigenvalue weighted by Crippen LogP contribution is -2.44. The Labute approximate surface area is 572 Å². The number of carbonyl (C=O) groups excluding carboxylic acids is 3. The lowest BCUT2D eigenvalue weighted by molar-refractivity contribution is -0.870. The van der Waals surface area contributed by atoms with Gasteiger partial charge in [-0.05, 0) is 51.4 Å². The van der Waals surface area contributed by atoms with Crippen molar-refractivity contribution in [2.75, 3.05) is 47.5 Å². The zero-order chi connectivity index (χ0) is 66.8. The van der Waals surface area contributed by atoms with E-state index >= 15 is 0 Å². The van der Waals surface area contributed by atoms with Crippen LogP contribution in [0.25, 0.3) is 0 Å². The Balaban J connectivity index is 3.94. The highest BCUT2D eigenvalue weighted by Gasteiger charge is 2.22. The van der Waals surface area contributed by atoms with E-state index in [4.69, 9.17) is 18.9 Å². The number of esters is 2. The summed E-state index contributed by atoms with van der Waals surface area (Å²) in [4.78, 5) is 37.6. The first kappa shape index (κ1) is 89.2. The molecule has 0 aliphatic carbocycles. The van der Waals surface area contributed by atoms with E-state index in [0.717, 1.165) is 64.2 Å². The molecule has 0 N–H and O–H groups in total. The van der Waals surface area contributed by atoms with Gasteiger partial charge in [0.2, 0.25) is 0 Å². The molecule has 0 aromatic heterocycles. The van der Waals surface area contributed by atoms with Crippen LogP contribution in [-0.2, 0) is 33.3 Å². The predicted octanol–water partition coefficient (Wildman–Crippen LogP) is 24.3. The maximum Gasteiger partial charge on any atom is 0.306 e. The largest absolute Gasteiger partial charge is 0.545 e. The van der Waals surface area contributed by atoms with E-state index in [1.54, 1.807) is 0 Å². The van der Waals surface area contributed by atoms with Gasteiger partial charge in [0.05, 0.1) is 40.3 Å². The normalized spacial score (nSPS) is 12.8. The highest BCUT2D eigenvalue weighted by atomic mass is 16.7. The third-order valence-corrected chi connectivity index (χ3v) is 18.3. The molecule has 0 aromatic carbocycles. The van der Waals surface area contributed by atoms with Gasteiger partial charge in [-0.2, -0.15) is 0 Å². The van der Waals surface area contributed by atoms with Gasteiger partial charge in [-0.3, -0.25) is 9.59 Å². The Bertz CT molecular complexity index is 1650. The fraction of sp³-hybridized carbons (Fsp3) is 0.867. The zero-order valence-electron chi connectivity index (χ0n) is 61.9. The van der Waals surface area contributed by atoms with E-state index in [9.17, 15) is 19.5 Å². The molecule has 0 saturated carbocycles. The number of unbranched alkanes of at least 4 members (excludes halogenated alkanes) is 53. The second-order valence-corrected chi connectivity index (χ2v) is 28.7. The predicted molar refractivity (Wildman–Crippen MR) is 394 cm³/mol. The highest BCUT2D eigenvalue weighted by molar-refractivity contribution is 5.70. The van der Waals surface area contributed by atoms with Gasteiger partial charge in [0.25, 0.3) is 0 Å². The van der Waals surface area contributed by atoms with Crippen molar-refractivity contribution >= 4 is 17.9 Å². The van der Waals surface area contributed by atoms with Gasteiger partial charge in [-0.15, -0.1) is 0 Å². The molecule has 0 fully saturated rings. The zero-order valence-corrected chi connectivity index (χ0v) is 61.9. The summed E-state index contributed by atoms with van der Waals surface area (Å²) >= 11 is 0. The third-order valence-electron chi connectivity index (χ3n) is 18.3. The summed E-state index contributed by atoms with van der Waals surface area (Å²) in [7, 11) is 5.95. The minimum atomic E-state index is -1.62. The molecule has 0 spiro atoms. The molecule has 540 valence electrons. The lowest BCUT2D eigenvalue weighted by Gasteiger charge is -2.26. The number of likely N-dealkylation sites (N-methyl/N-ethyl adjacent to an activating group) is 1. The van der Waals surface area contributed by atoms with Crippen LogP contribution in [0.1, 0.15) is 406 Å². The second-order valence-electron chi connectivity index (χ2n) is 28.7. The SMILES string of the molecule is CC/C=C\C/C=C\C/C=C\C/C=C\CCCCCCCCCCCCCCCCCCCCCCCCCCCCC(=O)OC(COC(=O)CCCCCCCCCCCCCCCCCCCCCCCCCCCCCC)COC(OCC[N+](C)(C)C)C(=O)[O-]. The minimum absolute atomic E-state index is 0.152. The lowest BCUT2D eigenvalue weighted by atomic mass is 10.0. The molecule has 9 nitrogen and oxygen atoms in total. The van der Waals surface area contributed by atoms with Crippen molar-refractivity contribution < 1.29 is 42.9 Å². The van der Waals surface area contributed by atoms with Crippen LogP contribution in [0.4, 0.5) is 0 Å². The maximum atomic E-state index is 13.0. The number of hydrogen-bond donors (Lipinski definition) is 0. The number of rotatable bonds is 76. The Morgan fingerprint density at radius 3 is 0.924 bits per heavy atom. The summed E-state index contributed by atoms with van der Waals surface area (Å²) in [5.74, 6) is -2.25. The smallest absolute Gasteiger partial charge is 0.306 e. The van der Waals surface area contributed by atoms with E-state index in [1.807, 2.05) is 21.1 Å². The van der Waals surface area contributed by atoms with Crippen molar-refractivity contribution in [3.8, 4) is 0 Å². The first-order chi connectivity index (χ1) is 45.1. The number of hydrogen-bond acceptors (Lipinski definition) is 8. The first-order valence-corrected chi connectivity index (χ1v) is 40.3. The van der Waals surface area contributed by atoms with E-state index in [2.05, 4.69) is 62.5 Å². The van der Waals surface area contributed by atoms with Gasteiger partial charge >= 0.3 is 11.9 Å². The summed E-state index contributed by atoms with van der Waals surface area (Å²) in [6.45, 7) is 4.72. The molecular formula is C83H155NO8. The summed E-state index contributed by atoms with van der Waals surface area (Å²) < 4.78 is 22.9. The number of allylic oxidation sites excluding steroid dienone is 8. The molecule has 0 aliphatic heterocycles. The molecular weight excluding hydrogens is 1140 g/mol. The Hall–Kier alpha value is -2.75. The van der Waals surface area contributed by atoms with Crippen LogP contribution >= 0.6 is 0 Å². The number of nitrogens with zero attached hydrogens (tertiary/aromatic N) is 1. The van der Waals surface area contributed by atoms with Crippen LogP contribution < -0.4 is 5.11 Å². The van der Waals surface area contributed by atoms with Crippen LogP contribution in [-0.4, -0.2) is 82.3 Å². The monoisotopic (exact) mass is 1290 g/mol. The average Bonchev–Trinajstić information content (AvgIpc) is 3.75. The van der Waals surface area contributed by atoms with Gasteiger partial charge in [-0.25, -0.2) is 0 Å². The first-order valence-electron chi connectivity index (χ1n) is 40.3. The van der Waals surface area contributed by atoms with Gasteiger partial charge in [-0.1, -0.05) is 390 Å². The summed E-state index contributed by atoms with van der Waals surface area (Å²) in [5.41, 5.74) is 0. The van der Waals surface area contributed by atoms with Gasteiger partial charge in [0.1, 0.15) is 13.2 Å². The molecule has 0 saturated heterocycles. The van der Waals surface area contributed by atoms with Crippen molar-refractivity contribution in [2.24, 2.45) is 0 Å². The quantitative estimate of drug-likeness (QED) is 0.0195. The van der Waals surface area contributed by atoms with E-state index in [-0.39, 0.29) is 32.2 Å². The van der Waals surface area contributed by atoms with Gasteiger partial charge < -0.3 is 33.3 Å². The number of aliphatic carboxylic acids is 1. The highest BCUT2D eigenvalue weighted by Crippen LogP contribution is 2.20. The number of carbonyl (C=O) groups is 3. The molecule has 0 bridgehead atoms. The number of ether oxygens (including phenoxy) is 4. The van der Waals surface area contributed by atoms with Crippen molar-refractivity contribution in [1.29, 1.82) is 0 Å². The van der Waals surface area contributed by atoms with Crippen LogP contribution in [0, 0.1) is 0 Å². The minimum Gasteiger partial charge on any atom is -0.545 e. The summed E-state index contributed by atoms with van der Waals surface area (Å²) in [5, 5.41) is 11.9. The second kappa shape index (κ2) is 74.0. The molecule has 9 heteroatoms. The van der Waals surface area contributed by atoms with Crippen molar-refractivity contribution in [1.82, 2.24) is 0 Å². The summed E-state index contributed by atoms with van der Waals surface area (Å²) in [6.07, 6.45) is 93.9. The van der Waals surface area contributed by atoms with Gasteiger partial charge in [0, 0.05) is 12.8 Å². The average molecular weight is 1300 g/mol. The Kier molecular flexibility index (Phi) is 71.8. The third kappa shape index (κ3) is 74.6. The number of carboxylic acid groups (broad SMARTS) is 1. The maximum absolute atomic E-state index is 13.0. The molecule has 0 aliphatic rings. The van der Waals surface area contributed by atoms with Crippen LogP contribution in [0.5, 0.6) is 0 Å². The standard InChI is InChI=1S/C83H155NO8/c1-6-8-10-12-14-16-18-20-22-24-26-28-30-32-34-36-37-38-39-40-41-42-43-44-45-46-48-50-52-54-56-58-60-62-64-66-68-70-72-74-81(86)92-79(78-91-83(82(87)88)89-76-75-84(3,4)5)77-90-80(85)73-71-69-67-65-63-61-59-57-55-53-51-49-47-35-33-31-29-27-25-23-21-19-17-15-13-11-9-7-2/h8,10,14,16,20,22,26,28,79,83H,6-7,9,11-13,15,17-19,21,23-25,27,29-78H2,1-5H3/b10-8-,16-14-,22-20-,28-26-. The topological polar surface area (TPSA) is 111 Å². The van der Waals surface area contributed by atoms with Crippen molar-refractivity contribution in [3.63, 3.8) is 0 Å². The van der Waals surface area contributed by atoms with Crippen molar-refractivity contribution in [2.45, 2.75) is 418 Å². The molecule has 0 aromatic rings. The molecule has 2 unspecified atom stereocenters. The number of quaternary nitrogens is 1. The Morgan fingerprint density at radius 1 is 0.337 bits per heavy atom.